The molecule has 0 rings (SSSR count). The molecule has 0 heterocycles. The molecule has 0 spiro atoms. The number of aliphatic hydroxyl groups is 2. The summed E-state index contributed by atoms with van der Waals surface area (Å²) in [7, 11) is 0. The van der Waals surface area contributed by atoms with Gasteiger partial charge in [0, 0.05) is 5.57 Å². The summed E-state index contributed by atoms with van der Waals surface area (Å²) >= 11 is 0. The first-order valence-electron chi connectivity index (χ1n) is 4.68. The highest BCUT2D eigenvalue weighted by Crippen LogP contribution is 2.18. The van der Waals surface area contributed by atoms with Crippen LogP contribution in [0.1, 0.15) is 46.5 Å². The number of aliphatic hydroxyl groups excluding tert-OH is 1. The Bertz CT molecular complexity index is 146. The van der Waals surface area contributed by atoms with Gasteiger partial charge in [-0.15, -0.1) is 0 Å². The summed E-state index contributed by atoms with van der Waals surface area (Å²) in [4.78, 5) is 0. The highest BCUT2D eigenvalue weighted by molar-refractivity contribution is 5.01. The third-order valence-electron chi connectivity index (χ3n) is 2.33. The smallest absolute Gasteiger partial charge is 0.273 e. The molecule has 0 aromatic carbocycles. The number of rotatable bonds is 5. The average molecular weight is 172 g/mol. The van der Waals surface area contributed by atoms with Crippen LogP contribution in [0.25, 0.3) is 0 Å². The van der Waals surface area contributed by atoms with Gasteiger partial charge >= 0.3 is 0 Å². The first-order valence-corrected chi connectivity index (χ1v) is 4.68. The Kier molecular flexibility index (Phi) is 5.60. The molecule has 2 nitrogen and oxygen atoms in total. The van der Waals surface area contributed by atoms with Gasteiger partial charge in [-0.1, -0.05) is 33.1 Å². The van der Waals surface area contributed by atoms with Crippen molar-refractivity contribution >= 4 is 0 Å². The summed E-state index contributed by atoms with van der Waals surface area (Å²) in [5.74, 6) is -0.208. The maximum atomic E-state index is 8.78. The number of unbranched alkanes of at least 4 members (excludes halogenated alkanes) is 2. The lowest BCUT2D eigenvalue weighted by atomic mass is 9.96. The van der Waals surface area contributed by atoms with Crippen LogP contribution < -0.4 is 0 Å². The second-order valence-electron chi connectivity index (χ2n) is 3.40. The van der Waals surface area contributed by atoms with Gasteiger partial charge in [-0.3, -0.25) is 0 Å². The quantitative estimate of drug-likeness (QED) is 0.492. The second kappa shape index (κ2) is 5.92. The van der Waals surface area contributed by atoms with E-state index in [2.05, 4.69) is 6.92 Å². The maximum absolute atomic E-state index is 8.78. The van der Waals surface area contributed by atoms with Crippen LogP contribution in [0, 0.1) is 5.92 Å². The van der Waals surface area contributed by atoms with E-state index in [1.165, 1.54) is 19.3 Å². The monoisotopic (exact) mass is 172 g/mol. The van der Waals surface area contributed by atoms with Crippen LogP contribution in [-0.4, -0.2) is 10.2 Å². The Morgan fingerprint density at radius 3 is 2.25 bits per heavy atom. The van der Waals surface area contributed by atoms with E-state index in [1.54, 1.807) is 6.92 Å². The highest BCUT2D eigenvalue weighted by atomic mass is 16.5. The molecule has 0 aliphatic rings. The van der Waals surface area contributed by atoms with Crippen LogP contribution in [-0.2, 0) is 0 Å². The molecule has 1 atom stereocenters. The molecule has 12 heavy (non-hydrogen) atoms. The van der Waals surface area contributed by atoms with Gasteiger partial charge in [-0.2, -0.15) is 0 Å². The van der Waals surface area contributed by atoms with Crippen molar-refractivity contribution in [3.05, 3.63) is 11.5 Å². The lowest BCUT2D eigenvalue weighted by Gasteiger charge is -2.10. The number of hydrogen-bond donors (Lipinski definition) is 2. The van der Waals surface area contributed by atoms with E-state index < -0.39 is 5.95 Å². The fraction of sp³-hybridized carbons (Fsp3) is 0.800. The lowest BCUT2D eigenvalue weighted by Crippen LogP contribution is -2.00. The second-order valence-corrected chi connectivity index (χ2v) is 3.40. The molecule has 2 heteroatoms. The molecule has 0 radical (unpaired) electrons. The van der Waals surface area contributed by atoms with Crippen molar-refractivity contribution < 1.29 is 10.2 Å². The number of allylic oxidation sites excluding steroid dienone is 1. The van der Waals surface area contributed by atoms with E-state index in [0.29, 0.717) is 11.5 Å². The van der Waals surface area contributed by atoms with E-state index in [-0.39, 0.29) is 0 Å². The van der Waals surface area contributed by atoms with E-state index in [1.807, 2.05) is 6.92 Å². The van der Waals surface area contributed by atoms with Gasteiger partial charge in [0.25, 0.3) is 5.95 Å². The van der Waals surface area contributed by atoms with Crippen LogP contribution in [0.2, 0.25) is 0 Å². The lowest BCUT2D eigenvalue weighted by molar-refractivity contribution is 0.179. The van der Waals surface area contributed by atoms with Crippen LogP contribution in [0.3, 0.4) is 0 Å². The van der Waals surface area contributed by atoms with Crippen LogP contribution >= 0.6 is 0 Å². The van der Waals surface area contributed by atoms with Crippen molar-refractivity contribution in [3.8, 4) is 0 Å². The van der Waals surface area contributed by atoms with Crippen molar-refractivity contribution in [2.24, 2.45) is 5.92 Å². The predicted molar refractivity (Wildman–Crippen MR) is 51.3 cm³/mol. The van der Waals surface area contributed by atoms with Gasteiger partial charge in [-0.05, 0) is 19.3 Å². The Morgan fingerprint density at radius 1 is 1.25 bits per heavy atom. The molecule has 0 aromatic rings. The summed E-state index contributed by atoms with van der Waals surface area (Å²) in [6, 6.07) is 0. The predicted octanol–water partition coefficient (Wildman–Crippen LogP) is 3.55. The molecule has 0 bridgehead atoms. The first-order chi connectivity index (χ1) is 5.59. The van der Waals surface area contributed by atoms with Gasteiger partial charge in [-0.25, -0.2) is 0 Å². The van der Waals surface area contributed by atoms with Crippen molar-refractivity contribution in [3.63, 3.8) is 0 Å². The molecule has 0 saturated carbocycles. The minimum atomic E-state index is -0.501. The normalized spacial score (nSPS) is 12.6. The molecular formula is C10H20O2. The van der Waals surface area contributed by atoms with Crippen molar-refractivity contribution in [2.75, 3.05) is 0 Å². The largest absolute Gasteiger partial charge is 0.481 e. The van der Waals surface area contributed by atoms with Gasteiger partial charge in [0.15, 0.2) is 0 Å². The zero-order valence-corrected chi connectivity index (χ0v) is 8.30. The van der Waals surface area contributed by atoms with Crippen LogP contribution in [0.5, 0.6) is 0 Å². The Labute approximate surface area is 74.9 Å². The zero-order chi connectivity index (χ0) is 9.56. The Balaban J connectivity index is 3.72. The third kappa shape index (κ3) is 4.27. The van der Waals surface area contributed by atoms with Gasteiger partial charge < -0.3 is 10.2 Å². The molecule has 2 N–H and O–H groups in total. The van der Waals surface area contributed by atoms with E-state index in [0.717, 1.165) is 6.42 Å². The molecule has 1 unspecified atom stereocenters. The van der Waals surface area contributed by atoms with Gasteiger partial charge in [0.1, 0.15) is 0 Å². The standard InChI is InChI=1S/C10H20O2/c1-4-5-6-7-8(2)9(3)10(11)12/h8,11-12H,4-7H2,1-3H3. The topological polar surface area (TPSA) is 40.5 Å². The fourth-order valence-electron chi connectivity index (χ4n) is 1.14. The SMILES string of the molecule is CCCCCC(C)C(C)=C(O)O. The van der Waals surface area contributed by atoms with Gasteiger partial charge in [0.05, 0.1) is 0 Å². The summed E-state index contributed by atoms with van der Waals surface area (Å²) < 4.78 is 0. The maximum Gasteiger partial charge on any atom is 0.273 e. The van der Waals surface area contributed by atoms with E-state index >= 15 is 0 Å². The molecule has 0 fully saturated rings. The van der Waals surface area contributed by atoms with Crippen LogP contribution in [0.4, 0.5) is 0 Å². The van der Waals surface area contributed by atoms with E-state index in [4.69, 9.17) is 10.2 Å². The molecule has 0 aromatic heterocycles. The summed E-state index contributed by atoms with van der Waals surface area (Å²) in [6.45, 7) is 5.96. The van der Waals surface area contributed by atoms with Gasteiger partial charge in [0.2, 0.25) is 0 Å². The Hall–Kier alpha value is -0.660. The Morgan fingerprint density at radius 2 is 1.83 bits per heavy atom. The summed E-state index contributed by atoms with van der Waals surface area (Å²) in [5, 5.41) is 17.6. The van der Waals surface area contributed by atoms with Crippen molar-refractivity contribution in [2.45, 2.75) is 46.5 Å². The molecule has 0 amide bonds. The average Bonchev–Trinajstić information content (AvgIpc) is 2.03. The molecular weight excluding hydrogens is 152 g/mol. The third-order valence-corrected chi connectivity index (χ3v) is 2.33. The molecule has 0 saturated heterocycles. The molecule has 0 aliphatic carbocycles. The van der Waals surface area contributed by atoms with E-state index in [9.17, 15) is 0 Å². The zero-order valence-electron chi connectivity index (χ0n) is 8.30. The highest BCUT2D eigenvalue weighted by Gasteiger charge is 2.07. The minimum Gasteiger partial charge on any atom is -0.481 e. The van der Waals surface area contributed by atoms with Crippen molar-refractivity contribution in [1.29, 1.82) is 0 Å². The van der Waals surface area contributed by atoms with Crippen molar-refractivity contribution in [1.82, 2.24) is 0 Å². The molecule has 0 aliphatic heterocycles. The summed E-state index contributed by atoms with van der Waals surface area (Å²) in [6.07, 6.45) is 4.65. The number of hydrogen-bond acceptors (Lipinski definition) is 2. The summed E-state index contributed by atoms with van der Waals surface area (Å²) in [5.41, 5.74) is 0.700. The minimum absolute atomic E-state index is 0.293. The fourth-order valence-corrected chi connectivity index (χ4v) is 1.14. The first kappa shape index (κ1) is 11.3. The van der Waals surface area contributed by atoms with Crippen LogP contribution in [0.15, 0.2) is 11.5 Å². The molecule has 72 valence electrons.